The van der Waals surface area contributed by atoms with Crippen molar-refractivity contribution in [3.63, 3.8) is 0 Å². The van der Waals surface area contributed by atoms with Crippen LogP contribution in [0.15, 0.2) is 42.5 Å². The highest BCUT2D eigenvalue weighted by Gasteiger charge is 2.18. The molecule has 6 heteroatoms. The maximum Gasteiger partial charge on any atom is 0.328 e. The normalized spacial score (nSPS) is 12.0. The van der Waals surface area contributed by atoms with E-state index in [0.717, 1.165) is 17.7 Å². The molecule has 0 heterocycles. The number of carbonyl (C=O) groups excluding carboxylic acids is 1. The van der Waals surface area contributed by atoms with Crippen molar-refractivity contribution >= 4 is 17.6 Å². The lowest BCUT2D eigenvalue weighted by Crippen LogP contribution is -2.36. The van der Waals surface area contributed by atoms with Crippen LogP contribution < -0.4 is 10.5 Å². The number of hydrogen-bond donors (Lipinski definition) is 2. The second kappa shape index (κ2) is 6.56. The van der Waals surface area contributed by atoms with Crippen LogP contribution in [-0.2, 0) is 11.2 Å². The van der Waals surface area contributed by atoms with E-state index in [1.165, 1.54) is 18.2 Å². The Kier molecular flexibility index (Phi) is 4.77. The average molecular weight is 310 g/mol. The Labute approximate surface area is 125 Å². The Bertz CT molecular complexity index is 646. The van der Waals surface area contributed by atoms with Crippen LogP contribution in [-0.4, -0.2) is 17.1 Å². The highest BCUT2D eigenvalue weighted by molar-refractivity contribution is 6.32. The Morgan fingerprint density at radius 2 is 1.95 bits per heavy atom. The van der Waals surface area contributed by atoms with Crippen molar-refractivity contribution in [2.24, 2.45) is 5.73 Å². The molecule has 0 aliphatic heterocycles. The van der Waals surface area contributed by atoms with Gasteiger partial charge >= 0.3 is 5.97 Å². The summed E-state index contributed by atoms with van der Waals surface area (Å²) in [6.07, 6.45) is 0.248. The number of aromatic hydroxyl groups is 1. The molecule has 1 atom stereocenters. The van der Waals surface area contributed by atoms with Crippen LogP contribution in [0.5, 0.6) is 11.5 Å². The van der Waals surface area contributed by atoms with E-state index >= 15 is 0 Å². The molecule has 0 saturated carbocycles. The standard InChI is InChI=1S/C15H13ClFNO3/c16-12-8-10(17)3-6-14(12)21-15(20)13(18)7-9-1-4-11(19)5-2-9/h1-6,8,13,19H,7,18H2/t13-/m0/s1. The number of halogens is 2. The molecule has 4 nitrogen and oxygen atoms in total. The molecule has 2 aromatic rings. The van der Waals surface area contributed by atoms with Crippen LogP contribution >= 0.6 is 11.6 Å². The summed E-state index contributed by atoms with van der Waals surface area (Å²) in [4.78, 5) is 11.9. The van der Waals surface area contributed by atoms with Crippen LogP contribution in [0.1, 0.15) is 5.56 Å². The molecular weight excluding hydrogens is 297 g/mol. The lowest BCUT2D eigenvalue weighted by Gasteiger charge is -2.12. The number of hydrogen-bond acceptors (Lipinski definition) is 4. The zero-order chi connectivity index (χ0) is 15.4. The lowest BCUT2D eigenvalue weighted by atomic mass is 10.1. The summed E-state index contributed by atoms with van der Waals surface area (Å²) < 4.78 is 17.9. The quantitative estimate of drug-likeness (QED) is 0.673. The predicted molar refractivity (Wildman–Crippen MR) is 76.8 cm³/mol. The van der Waals surface area contributed by atoms with Gasteiger partial charge in [-0.1, -0.05) is 23.7 Å². The molecule has 0 fully saturated rings. The van der Waals surface area contributed by atoms with Crippen LogP contribution in [0.3, 0.4) is 0 Å². The van der Waals surface area contributed by atoms with Crippen LogP contribution in [0, 0.1) is 5.82 Å². The number of benzene rings is 2. The second-order valence-corrected chi connectivity index (χ2v) is 4.88. The molecule has 2 rings (SSSR count). The maximum atomic E-state index is 12.9. The largest absolute Gasteiger partial charge is 0.508 e. The highest BCUT2D eigenvalue weighted by atomic mass is 35.5. The Morgan fingerprint density at radius 1 is 1.29 bits per heavy atom. The van der Waals surface area contributed by atoms with E-state index < -0.39 is 17.8 Å². The summed E-state index contributed by atoms with van der Waals surface area (Å²) in [6.45, 7) is 0. The van der Waals surface area contributed by atoms with E-state index in [-0.39, 0.29) is 22.9 Å². The fourth-order valence-electron chi connectivity index (χ4n) is 1.71. The minimum atomic E-state index is -0.893. The molecule has 0 unspecified atom stereocenters. The molecule has 0 aliphatic carbocycles. The number of esters is 1. The summed E-state index contributed by atoms with van der Waals surface area (Å²) in [5, 5.41) is 9.18. The van der Waals surface area contributed by atoms with Crippen molar-refractivity contribution in [1.82, 2.24) is 0 Å². The molecule has 0 spiro atoms. The number of phenolic OH excluding ortho intramolecular Hbond substituents is 1. The van der Waals surface area contributed by atoms with Crippen molar-refractivity contribution in [3.05, 3.63) is 58.9 Å². The Balaban J connectivity index is 2.00. The molecule has 0 radical (unpaired) electrons. The number of nitrogens with two attached hydrogens (primary N) is 1. The van der Waals surface area contributed by atoms with Gasteiger partial charge in [-0.3, -0.25) is 0 Å². The van der Waals surface area contributed by atoms with E-state index in [4.69, 9.17) is 22.1 Å². The van der Waals surface area contributed by atoms with Gasteiger partial charge in [0.2, 0.25) is 0 Å². The van der Waals surface area contributed by atoms with E-state index in [1.54, 1.807) is 12.1 Å². The third kappa shape index (κ3) is 4.18. The van der Waals surface area contributed by atoms with Gasteiger partial charge in [0.05, 0.1) is 5.02 Å². The number of phenols is 1. The summed E-state index contributed by atoms with van der Waals surface area (Å²) in [5.41, 5.74) is 6.54. The predicted octanol–water partition coefficient (Wildman–Crippen LogP) is 2.66. The van der Waals surface area contributed by atoms with E-state index in [1.807, 2.05) is 0 Å². The lowest BCUT2D eigenvalue weighted by molar-refractivity contribution is -0.135. The van der Waals surface area contributed by atoms with Crippen molar-refractivity contribution in [1.29, 1.82) is 0 Å². The Hall–Kier alpha value is -2.11. The van der Waals surface area contributed by atoms with Gasteiger partial charge in [-0.25, -0.2) is 9.18 Å². The van der Waals surface area contributed by atoms with Crippen LogP contribution in [0.2, 0.25) is 5.02 Å². The summed E-state index contributed by atoms with van der Waals surface area (Å²) in [5.74, 6) is -0.998. The van der Waals surface area contributed by atoms with Gasteiger partial charge in [-0.05, 0) is 42.3 Å². The molecule has 3 N–H and O–H groups in total. The molecule has 0 bridgehead atoms. The minimum Gasteiger partial charge on any atom is -0.508 e. The van der Waals surface area contributed by atoms with Gasteiger partial charge in [0.15, 0.2) is 0 Å². The number of carbonyl (C=O) groups is 1. The third-order valence-electron chi connectivity index (χ3n) is 2.80. The fourth-order valence-corrected chi connectivity index (χ4v) is 1.92. The van der Waals surface area contributed by atoms with Gasteiger partial charge in [-0.15, -0.1) is 0 Å². The summed E-state index contributed by atoms with van der Waals surface area (Å²) >= 11 is 5.77. The maximum absolute atomic E-state index is 12.9. The SMILES string of the molecule is N[C@@H](Cc1ccc(O)cc1)C(=O)Oc1ccc(F)cc1Cl. The first-order valence-corrected chi connectivity index (χ1v) is 6.54. The van der Waals surface area contributed by atoms with Gasteiger partial charge in [0, 0.05) is 0 Å². The van der Waals surface area contributed by atoms with E-state index in [9.17, 15) is 14.3 Å². The van der Waals surface area contributed by atoms with Gasteiger partial charge in [-0.2, -0.15) is 0 Å². The average Bonchev–Trinajstić information content (AvgIpc) is 2.44. The van der Waals surface area contributed by atoms with Gasteiger partial charge in [0.25, 0.3) is 0 Å². The summed E-state index contributed by atoms with van der Waals surface area (Å²) in [6, 6.07) is 8.89. The monoisotopic (exact) mass is 309 g/mol. The molecule has 0 aliphatic rings. The minimum absolute atomic E-state index is 0.000170. The zero-order valence-electron chi connectivity index (χ0n) is 10.9. The highest BCUT2D eigenvalue weighted by Crippen LogP contribution is 2.25. The first-order valence-electron chi connectivity index (χ1n) is 6.16. The molecule has 21 heavy (non-hydrogen) atoms. The topological polar surface area (TPSA) is 72.5 Å². The molecule has 0 aromatic heterocycles. The molecule has 0 saturated heterocycles. The smallest absolute Gasteiger partial charge is 0.328 e. The first-order chi connectivity index (χ1) is 9.95. The van der Waals surface area contributed by atoms with Crippen LogP contribution in [0.4, 0.5) is 4.39 Å². The van der Waals surface area contributed by atoms with Crippen molar-refractivity contribution < 1.29 is 19.0 Å². The van der Waals surface area contributed by atoms with Gasteiger partial charge < -0.3 is 15.6 Å². The molecule has 110 valence electrons. The molecular formula is C15H13ClFNO3. The number of rotatable bonds is 4. The third-order valence-corrected chi connectivity index (χ3v) is 3.09. The number of ether oxygens (including phenoxy) is 1. The first kappa shape index (κ1) is 15.3. The Morgan fingerprint density at radius 3 is 2.57 bits per heavy atom. The van der Waals surface area contributed by atoms with Gasteiger partial charge in [0.1, 0.15) is 23.4 Å². The van der Waals surface area contributed by atoms with Crippen LogP contribution in [0.25, 0.3) is 0 Å². The second-order valence-electron chi connectivity index (χ2n) is 4.47. The zero-order valence-corrected chi connectivity index (χ0v) is 11.7. The fraction of sp³-hybridized carbons (Fsp3) is 0.133. The van der Waals surface area contributed by atoms with Crippen molar-refractivity contribution in [3.8, 4) is 11.5 Å². The van der Waals surface area contributed by atoms with Crippen molar-refractivity contribution in [2.45, 2.75) is 12.5 Å². The molecule has 2 aromatic carbocycles. The molecule has 0 amide bonds. The summed E-state index contributed by atoms with van der Waals surface area (Å²) in [7, 11) is 0. The van der Waals surface area contributed by atoms with Crippen molar-refractivity contribution in [2.75, 3.05) is 0 Å². The van der Waals surface area contributed by atoms with E-state index in [2.05, 4.69) is 0 Å². The van der Waals surface area contributed by atoms with E-state index in [0.29, 0.717) is 0 Å².